The number of amides is 1. The molecule has 154 valence electrons. The number of rotatable bonds is 5. The summed E-state index contributed by atoms with van der Waals surface area (Å²) in [7, 11) is 0. The molecule has 1 amide bonds. The summed E-state index contributed by atoms with van der Waals surface area (Å²) in [4.78, 5) is 12.6. The zero-order valence-corrected chi connectivity index (χ0v) is 15.1. The van der Waals surface area contributed by atoms with Gasteiger partial charge in [-0.25, -0.2) is 9.07 Å². The summed E-state index contributed by atoms with van der Waals surface area (Å²) in [5, 5.41) is 29.2. The zero-order chi connectivity index (χ0) is 22.1. The zero-order valence-electron chi connectivity index (χ0n) is 15.1. The number of carbonyl (C=O) groups is 1. The molecular weight excluding hydrogens is 406 g/mol. The molecule has 2 N–H and O–H groups in total. The van der Waals surface area contributed by atoms with Crippen LogP contribution >= 0.6 is 0 Å². The maximum absolute atomic E-state index is 13.3. The number of nitrogens with one attached hydrogen (secondary N) is 1. The number of halogens is 4. The van der Waals surface area contributed by atoms with Crippen LogP contribution in [0.2, 0.25) is 0 Å². The van der Waals surface area contributed by atoms with Crippen molar-refractivity contribution in [2.45, 2.75) is 18.3 Å². The summed E-state index contributed by atoms with van der Waals surface area (Å²) < 4.78 is 53.7. The molecule has 0 saturated carbocycles. The van der Waals surface area contributed by atoms with Gasteiger partial charge >= 0.3 is 6.18 Å². The van der Waals surface area contributed by atoms with Gasteiger partial charge in [0.1, 0.15) is 11.3 Å². The Morgan fingerprint density at radius 2 is 2.03 bits per heavy atom. The number of anilines is 1. The Morgan fingerprint density at radius 1 is 1.30 bits per heavy atom. The molecule has 0 aliphatic carbocycles. The number of carbonyl (C=O) groups excluding carboxylic acids is 1. The van der Waals surface area contributed by atoms with Crippen molar-refractivity contribution in [1.82, 2.24) is 15.0 Å². The van der Waals surface area contributed by atoms with Crippen molar-refractivity contribution in [1.29, 1.82) is 5.26 Å². The van der Waals surface area contributed by atoms with Crippen LogP contribution in [0.3, 0.4) is 0 Å². The van der Waals surface area contributed by atoms with Gasteiger partial charge in [-0.2, -0.15) is 18.4 Å². The Morgan fingerprint density at radius 3 is 2.67 bits per heavy atom. The van der Waals surface area contributed by atoms with Crippen LogP contribution in [0.25, 0.3) is 11.0 Å². The molecule has 1 heterocycles. The van der Waals surface area contributed by atoms with E-state index in [1.165, 1.54) is 12.1 Å². The molecule has 11 heteroatoms. The third-order valence-corrected chi connectivity index (χ3v) is 4.30. The van der Waals surface area contributed by atoms with Crippen molar-refractivity contribution < 1.29 is 27.5 Å². The second kappa shape index (κ2) is 7.57. The molecule has 0 aliphatic rings. The minimum absolute atomic E-state index is 0.184. The lowest BCUT2D eigenvalue weighted by Crippen LogP contribution is -2.45. The van der Waals surface area contributed by atoms with E-state index >= 15 is 0 Å². The topological polar surface area (TPSA) is 104 Å². The van der Waals surface area contributed by atoms with E-state index in [1.54, 1.807) is 0 Å². The van der Waals surface area contributed by atoms with Crippen LogP contribution in [0.15, 0.2) is 49.1 Å². The molecule has 2 aromatic carbocycles. The third-order valence-electron chi connectivity index (χ3n) is 4.30. The van der Waals surface area contributed by atoms with Crippen LogP contribution in [0.4, 0.5) is 23.2 Å². The lowest BCUT2D eigenvalue weighted by molar-refractivity contribution is -0.137. The van der Waals surface area contributed by atoms with Crippen LogP contribution in [0.1, 0.15) is 11.1 Å². The van der Waals surface area contributed by atoms with Gasteiger partial charge in [-0.05, 0) is 36.4 Å². The minimum atomic E-state index is -4.81. The summed E-state index contributed by atoms with van der Waals surface area (Å²) in [6.07, 6.45) is -3.91. The van der Waals surface area contributed by atoms with Gasteiger partial charge in [0.25, 0.3) is 5.91 Å². The highest BCUT2D eigenvalue weighted by Gasteiger charge is 2.36. The van der Waals surface area contributed by atoms with E-state index in [1.807, 2.05) is 0 Å². The highest BCUT2D eigenvalue weighted by atomic mass is 19.4. The lowest BCUT2D eigenvalue weighted by Gasteiger charge is -2.23. The van der Waals surface area contributed by atoms with Gasteiger partial charge in [0, 0.05) is 11.8 Å². The molecule has 1 atom stereocenters. The van der Waals surface area contributed by atoms with Gasteiger partial charge in [-0.15, -0.1) is 5.10 Å². The van der Waals surface area contributed by atoms with Crippen molar-refractivity contribution in [2.75, 3.05) is 5.32 Å². The summed E-state index contributed by atoms with van der Waals surface area (Å²) in [6.45, 7) is 2.92. The van der Waals surface area contributed by atoms with Crippen molar-refractivity contribution in [3.05, 3.63) is 66.0 Å². The van der Waals surface area contributed by atoms with Crippen molar-refractivity contribution in [2.24, 2.45) is 0 Å². The highest BCUT2D eigenvalue weighted by Crippen LogP contribution is 2.33. The number of benzene rings is 2. The predicted molar refractivity (Wildman–Crippen MR) is 97.4 cm³/mol. The second-order valence-electron chi connectivity index (χ2n) is 6.33. The number of hydrogen-bond acceptors (Lipinski definition) is 5. The SMILES string of the molecule is C=C[C@](O)(Cn1nnc2cc(F)ccc21)C(=O)Nc1ccc(C#N)c(C(F)(F)F)c1. The lowest BCUT2D eigenvalue weighted by atomic mass is 10.0. The number of hydrogen-bond donors (Lipinski definition) is 2. The first kappa shape index (κ1) is 20.9. The molecule has 0 unspecified atom stereocenters. The normalized spacial score (nSPS) is 13.5. The second-order valence-corrected chi connectivity index (χ2v) is 6.33. The van der Waals surface area contributed by atoms with Gasteiger partial charge in [-0.3, -0.25) is 4.79 Å². The summed E-state index contributed by atoms with van der Waals surface area (Å²) in [5.41, 5.74) is -3.89. The van der Waals surface area contributed by atoms with E-state index in [0.717, 1.165) is 35.0 Å². The van der Waals surface area contributed by atoms with Crippen molar-refractivity contribution >= 4 is 22.6 Å². The molecule has 0 saturated heterocycles. The molecule has 1 aromatic heterocycles. The Kier molecular flexibility index (Phi) is 5.28. The molecule has 0 fully saturated rings. The van der Waals surface area contributed by atoms with E-state index in [4.69, 9.17) is 5.26 Å². The molecule has 0 bridgehead atoms. The molecule has 3 rings (SSSR count). The highest BCUT2D eigenvalue weighted by molar-refractivity contribution is 5.98. The van der Waals surface area contributed by atoms with E-state index in [-0.39, 0.29) is 11.2 Å². The minimum Gasteiger partial charge on any atom is -0.374 e. The van der Waals surface area contributed by atoms with E-state index < -0.39 is 41.2 Å². The Labute approximate surface area is 166 Å². The average Bonchev–Trinajstić information content (AvgIpc) is 3.08. The number of nitrogens with zero attached hydrogens (tertiary/aromatic N) is 4. The maximum Gasteiger partial charge on any atom is 0.417 e. The van der Waals surface area contributed by atoms with Crippen molar-refractivity contribution in [3.63, 3.8) is 0 Å². The fraction of sp³-hybridized carbons (Fsp3) is 0.158. The molecule has 0 aliphatic heterocycles. The van der Waals surface area contributed by atoms with Gasteiger partial charge in [0.05, 0.1) is 29.3 Å². The first-order chi connectivity index (χ1) is 14.1. The smallest absolute Gasteiger partial charge is 0.374 e. The monoisotopic (exact) mass is 419 g/mol. The standard InChI is InChI=1S/C19H13F4N5O2/c1-2-18(30,10-28-16-6-4-12(20)7-15(16)26-27-28)17(29)25-13-5-3-11(9-24)14(8-13)19(21,22)23/h2-8,30H,1,10H2,(H,25,29)/t18-/m0/s1. The van der Waals surface area contributed by atoms with E-state index in [9.17, 15) is 27.5 Å². The third kappa shape index (κ3) is 3.99. The number of fused-ring (bicyclic) bond motifs is 1. The Bertz CT molecular complexity index is 1180. The molecular formula is C19H13F4N5O2. The van der Waals surface area contributed by atoms with Crippen LogP contribution in [-0.2, 0) is 17.5 Å². The average molecular weight is 419 g/mol. The van der Waals surface area contributed by atoms with Crippen molar-refractivity contribution in [3.8, 4) is 6.07 Å². The maximum atomic E-state index is 13.3. The fourth-order valence-electron chi connectivity index (χ4n) is 2.71. The van der Waals surface area contributed by atoms with E-state index in [2.05, 4.69) is 22.2 Å². The summed E-state index contributed by atoms with van der Waals surface area (Å²) >= 11 is 0. The van der Waals surface area contributed by atoms with Gasteiger partial charge < -0.3 is 10.4 Å². The molecule has 0 radical (unpaired) electrons. The number of nitriles is 1. The largest absolute Gasteiger partial charge is 0.417 e. The first-order valence-electron chi connectivity index (χ1n) is 8.35. The molecule has 30 heavy (non-hydrogen) atoms. The molecule has 7 nitrogen and oxygen atoms in total. The quantitative estimate of drug-likeness (QED) is 0.489. The summed E-state index contributed by atoms with van der Waals surface area (Å²) in [5.74, 6) is -1.63. The Hall–Kier alpha value is -3.78. The molecule has 0 spiro atoms. The number of aliphatic hydroxyl groups is 1. The van der Waals surface area contributed by atoms with Crippen LogP contribution in [-0.4, -0.2) is 31.6 Å². The van der Waals surface area contributed by atoms with Crippen LogP contribution < -0.4 is 5.32 Å². The summed E-state index contributed by atoms with van der Waals surface area (Å²) in [6, 6.07) is 7.64. The Balaban J connectivity index is 1.88. The van der Waals surface area contributed by atoms with E-state index in [0.29, 0.717) is 11.6 Å². The van der Waals surface area contributed by atoms with Gasteiger partial charge in [0.15, 0.2) is 5.60 Å². The van der Waals surface area contributed by atoms with Gasteiger partial charge in [-0.1, -0.05) is 11.8 Å². The van der Waals surface area contributed by atoms with Crippen LogP contribution in [0.5, 0.6) is 0 Å². The molecule has 3 aromatic rings. The van der Waals surface area contributed by atoms with Gasteiger partial charge in [0.2, 0.25) is 0 Å². The fourth-order valence-corrected chi connectivity index (χ4v) is 2.71. The number of aromatic nitrogens is 3. The first-order valence-corrected chi connectivity index (χ1v) is 8.35. The number of alkyl halides is 3. The predicted octanol–water partition coefficient (Wildman–Crippen LogP) is 3.02. The van der Waals surface area contributed by atoms with Crippen LogP contribution in [0, 0.1) is 17.1 Å².